The van der Waals surface area contributed by atoms with Crippen LogP contribution in [-0.2, 0) is 4.79 Å². The average molecular weight is 334 g/mol. The highest BCUT2D eigenvalue weighted by atomic mass is 35.5. The van der Waals surface area contributed by atoms with Crippen LogP contribution in [0.25, 0.3) is 0 Å². The molecule has 0 aromatic heterocycles. The van der Waals surface area contributed by atoms with Gasteiger partial charge in [-0.1, -0.05) is 23.2 Å². The van der Waals surface area contributed by atoms with E-state index in [4.69, 9.17) is 28.3 Å². The molecule has 1 amide bonds. The number of rotatable bonds is 2. The summed E-state index contributed by atoms with van der Waals surface area (Å²) in [6.07, 6.45) is 0.744. The zero-order valence-corrected chi connectivity index (χ0v) is 12.8. The van der Waals surface area contributed by atoms with E-state index in [1.54, 1.807) is 6.92 Å². The third-order valence-electron chi connectivity index (χ3n) is 3.73. The molecule has 1 fully saturated rings. The van der Waals surface area contributed by atoms with Gasteiger partial charge in [-0.15, -0.1) is 0 Å². The molecule has 21 heavy (non-hydrogen) atoms. The summed E-state index contributed by atoms with van der Waals surface area (Å²) < 4.78 is 13.5. The maximum absolute atomic E-state index is 13.5. The van der Waals surface area contributed by atoms with E-state index in [0.717, 1.165) is 6.07 Å². The molecule has 0 aliphatic carbocycles. The van der Waals surface area contributed by atoms with Crippen LogP contribution in [0.4, 0.5) is 4.39 Å². The maximum Gasteiger partial charge on any atom is 0.306 e. The first-order valence-corrected chi connectivity index (χ1v) is 7.25. The van der Waals surface area contributed by atoms with Crippen LogP contribution in [-0.4, -0.2) is 34.5 Å². The predicted molar refractivity (Wildman–Crippen MR) is 77.3 cm³/mol. The molecule has 1 saturated heterocycles. The van der Waals surface area contributed by atoms with Crippen molar-refractivity contribution in [2.75, 3.05) is 6.54 Å². The third-order valence-corrected chi connectivity index (χ3v) is 4.33. The Bertz CT molecular complexity index is 594. The second-order valence-corrected chi connectivity index (χ2v) is 5.97. The van der Waals surface area contributed by atoms with Crippen LogP contribution in [0, 0.1) is 11.7 Å². The van der Waals surface area contributed by atoms with Gasteiger partial charge in [-0.2, -0.15) is 0 Å². The molecular weight excluding hydrogens is 320 g/mol. The quantitative estimate of drug-likeness (QED) is 0.843. The molecule has 0 radical (unpaired) electrons. The summed E-state index contributed by atoms with van der Waals surface area (Å²) in [6.45, 7) is 2.07. The maximum atomic E-state index is 13.5. The molecule has 1 aromatic carbocycles. The number of carboxylic acids is 1. The van der Waals surface area contributed by atoms with E-state index in [-0.39, 0.29) is 21.7 Å². The lowest BCUT2D eigenvalue weighted by Gasteiger charge is -2.36. The van der Waals surface area contributed by atoms with Gasteiger partial charge < -0.3 is 10.0 Å². The largest absolute Gasteiger partial charge is 0.481 e. The minimum atomic E-state index is -0.857. The van der Waals surface area contributed by atoms with Crippen molar-refractivity contribution in [1.29, 1.82) is 0 Å². The van der Waals surface area contributed by atoms with Crippen molar-refractivity contribution in [1.82, 2.24) is 4.90 Å². The molecule has 4 nitrogen and oxygen atoms in total. The normalized spacial score (nSPS) is 22.2. The Morgan fingerprint density at radius 3 is 2.57 bits per heavy atom. The topological polar surface area (TPSA) is 57.6 Å². The Hall–Kier alpha value is -1.33. The summed E-state index contributed by atoms with van der Waals surface area (Å²) in [5.74, 6) is -2.43. The van der Waals surface area contributed by atoms with Crippen LogP contribution in [0.2, 0.25) is 10.0 Å². The zero-order valence-electron chi connectivity index (χ0n) is 11.3. The fourth-order valence-electron chi connectivity index (χ4n) is 2.54. The average Bonchev–Trinajstić information content (AvgIpc) is 2.42. The molecule has 2 atom stereocenters. The molecule has 1 heterocycles. The number of piperidine rings is 1. The molecule has 2 rings (SSSR count). The molecule has 0 bridgehead atoms. The van der Waals surface area contributed by atoms with Crippen LogP contribution in [0.3, 0.4) is 0 Å². The van der Waals surface area contributed by atoms with Gasteiger partial charge in [0.05, 0.1) is 21.5 Å². The number of aliphatic carboxylic acids is 1. The van der Waals surface area contributed by atoms with Gasteiger partial charge in [0.1, 0.15) is 5.82 Å². The SMILES string of the molecule is CC1CC(C(=O)O)CCN1C(=O)c1cc(F)c(Cl)cc1Cl. The van der Waals surface area contributed by atoms with Crippen LogP contribution in [0.5, 0.6) is 0 Å². The van der Waals surface area contributed by atoms with Gasteiger partial charge in [0.2, 0.25) is 0 Å². The van der Waals surface area contributed by atoms with E-state index in [1.807, 2.05) is 0 Å². The van der Waals surface area contributed by atoms with Gasteiger partial charge in [-0.3, -0.25) is 9.59 Å². The lowest BCUT2D eigenvalue weighted by molar-refractivity contribution is -0.143. The van der Waals surface area contributed by atoms with Crippen molar-refractivity contribution >= 4 is 35.1 Å². The highest BCUT2D eigenvalue weighted by Crippen LogP contribution is 2.29. The Balaban J connectivity index is 2.21. The van der Waals surface area contributed by atoms with Gasteiger partial charge in [-0.05, 0) is 31.9 Å². The first-order chi connectivity index (χ1) is 9.81. The standard InChI is InChI=1S/C14H14Cl2FNO3/c1-7-4-8(14(20)21)2-3-18(7)13(19)9-5-12(17)11(16)6-10(9)15/h5-8H,2-4H2,1H3,(H,20,21). The zero-order chi connectivity index (χ0) is 15.7. The van der Waals surface area contributed by atoms with Crippen molar-refractivity contribution in [3.05, 3.63) is 33.6 Å². The van der Waals surface area contributed by atoms with Gasteiger partial charge in [0, 0.05) is 12.6 Å². The number of amides is 1. The number of carboxylic acid groups (broad SMARTS) is 1. The van der Waals surface area contributed by atoms with Crippen LogP contribution in [0.1, 0.15) is 30.1 Å². The number of likely N-dealkylation sites (tertiary alicyclic amines) is 1. The number of halogens is 3. The fourth-order valence-corrected chi connectivity index (χ4v) is 3.00. The predicted octanol–water partition coefficient (Wildman–Crippen LogP) is 3.46. The summed E-state index contributed by atoms with van der Waals surface area (Å²) in [6, 6.07) is 1.96. The Morgan fingerprint density at radius 2 is 2.00 bits per heavy atom. The number of carbonyl (C=O) groups is 2. The Labute approximate surface area is 131 Å². The van der Waals surface area contributed by atoms with Gasteiger partial charge in [-0.25, -0.2) is 4.39 Å². The van der Waals surface area contributed by atoms with Gasteiger partial charge in [0.15, 0.2) is 0 Å². The van der Waals surface area contributed by atoms with Crippen molar-refractivity contribution in [3.63, 3.8) is 0 Å². The highest BCUT2D eigenvalue weighted by Gasteiger charge is 2.33. The van der Waals surface area contributed by atoms with Crippen molar-refractivity contribution < 1.29 is 19.1 Å². The number of benzene rings is 1. The second-order valence-electron chi connectivity index (χ2n) is 5.15. The van der Waals surface area contributed by atoms with Gasteiger partial charge in [0.25, 0.3) is 5.91 Å². The molecule has 0 saturated carbocycles. The molecule has 114 valence electrons. The molecule has 0 spiro atoms. The van der Waals surface area contributed by atoms with Crippen molar-refractivity contribution in [2.24, 2.45) is 5.92 Å². The molecule has 1 aliphatic rings. The molecule has 7 heteroatoms. The molecule has 1 aliphatic heterocycles. The summed E-state index contributed by atoms with van der Waals surface area (Å²) in [5, 5.41) is 8.96. The number of carbonyl (C=O) groups excluding carboxylic acids is 1. The van der Waals surface area contributed by atoms with Crippen molar-refractivity contribution in [2.45, 2.75) is 25.8 Å². The van der Waals surface area contributed by atoms with Gasteiger partial charge >= 0.3 is 5.97 Å². The number of hydrogen-bond acceptors (Lipinski definition) is 2. The van der Waals surface area contributed by atoms with Crippen molar-refractivity contribution in [3.8, 4) is 0 Å². The summed E-state index contributed by atoms with van der Waals surface area (Å²) in [4.78, 5) is 25.0. The minimum Gasteiger partial charge on any atom is -0.481 e. The third kappa shape index (κ3) is 3.30. The minimum absolute atomic E-state index is 0.0409. The lowest BCUT2D eigenvalue weighted by Crippen LogP contribution is -2.46. The molecule has 2 unspecified atom stereocenters. The van der Waals surface area contributed by atoms with E-state index in [2.05, 4.69) is 0 Å². The highest BCUT2D eigenvalue weighted by molar-refractivity contribution is 6.36. The first kappa shape index (κ1) is 16.0. The number of hydrogen-bond donors (Lipinski definition) is 1. The monoisotopic (exact) mass is 333 g/mol. The second kappa shape index (κ2) is 6.20. The smallest absolute Gasteiger partial charge is 0.306 e. The van der Waals surface area contributed by atoms with E-state index in [9.17, 15) is 14.0 Å². The number of nitrogens with zero attached hydrogens (tertiary/aromatic N) is 1. The first-order valence-electron chi connectivity index (χ1n) is 6.49. The summed E-state index contributed by atoms with van der Waals surface area (Å²) in [7, 11) is 0. The van der Waals surface area contributed by atoms with E-state index < -0.39 is 23.6 Å². The van der Waals surface area contributed by atoms with E-state index in [0.29, 0.717) is 19.4 Å². The van der Waals surface area contributed by atoms with Crippen LogP contribution in [0.15, 0.2) is 12.1 Å². The summed E-state index contributed by atoms with van der Waals surface area (Å²) in [5.41, 5.74) is 0.0409. The Kier molecular flexibility index (Phi) is 4.74. The fraction of sp³-hybridized carbons (Fsp3) is 0.429. The Morgan fingerprint density at radius 1 is 1.33 bits per heavy atom. The van der Waals surface area contributed by atoms with Crippen LogP contribution >= 0.6 is 23.2 Å². The lowest BCUT2D eigenvalue weighted by atomic mass is 9.91. The van der Waals surface area contributed by atoms with E-state index >= 15 is 0 Å². The van der Waals surface area contributed by atoms with Crippen LogP contribution < -0.4 is 0 Å². The molecule has 1 aromatic rings. The summed E-state index contributed by atoms with van der Waals surface area (Å²) >= 11 is 11.6. The van der Waals surface area contributed by atoms with E-state index in [1.165, 1.54) is 11.0 Å². The molecule has 1 N–H and O–H groups in total. The molecular formula is C14H14Cl2FNO3.